The number of carbonyl (C=O) groups excluding carboxylic acids is 1. The van der Waals surface area contributed by atoms with E-state index in [1.165, 1.54) is 6.07 Å². The van der Waals surface area contributed by atoms with Gasteiger partial charge in [-0.1, -0.05) is 18.2 Å². The number of rotatable bonds is 2. The van der Waals surface area contributed by atoms with Crippen molar-refractivity contribution in [1.29, 1.82) is 0 Å². The number of carbonyl (C=O) groups is 1. The molecule has 28 heavy (non-hydrogen) atoms. The molecule has 1 saturated heterocycles. The lowest BCUT2D eigenvalue weighted by atomic mass is 10.2. The number of nitrogens with one attached hydrogen (secondary N) is 1. The van der Waals surface area contributed by atoms with Crippen molar-refractivity contribution in [2.24, 2.45) is 0 Å². The lowest BCUT2D eigenvalue weighted by Gasteiger charge is -2.22. The Balaban J connectivity index is 1.47. The summed E-state index contributed by atoms with van der Waals surface area (Å²) in [6, 6.07) is 9.85. The number of halogens is 3. The van der Waals surface area contributed by atoms with Crippen molar-refractivity contribution in [3.05, 3.63) is 53.9 Å². The molecule has 0 unspecified atom stereocenters. The van der Waals surface area contributed by atoms with E-state index >= 15 is 0 Å². The minimum Gasteiger partial charge on any atom is -0.355 e. The number of amides is 1. The molecule has 146 valence electrons. The number of fused-ring (bicyclic) bond motifs is 1. The minimum atomic E-state index is -4.40. The van der Waals surface area contributed by atoms with Crippen LogP contribution in [0, 0.1) is 0 Å². The Morgan fingerprint density at radius 3 is 2.61 bits per heavy atom. The van der Waals surface area contributed by atoms with Gasteiger partial charge in [0.25, 0.3) is 5.91 Å². The molecule has 6 nitrogen and oxygen atoms in total. The van der Waals surface area contributed by atoms with Crippen molar-refractivity contribution < 1.29 is 18.0 Å². The first-order valence-corrected chi connectivity index (χ1v) is 8.94. The molecule has 3 aromatic rings. The zero-order valence-electron chi connectivity index (χ0n) is 14.9. The third-order valence-electron chi connectivity index (χ3n) is 4.86. The second kappa shape index (κ2) is 7.14. The molecule has 0 atom stereocenters. The van der Waals surface area contributed by atoms with Gasteiger partial charge in [-0.3, -0.25) is 9.89 Å². The standard InChI is InChI=1S/C19H18F3N5O/c20-19(21,22)13-6-7-16(23-12-13)26-8-3-9-27(11-10-26)18(28)17-14-4-1-2-5-15(14)24-25-17/h1-2,4-7,12H,3,8-11H2,(H,24,25). The van der Waals surface area contributed by atoms with Gasteiger partial charge in [0.1, 0.15) is 5.82 Å². The fourth-order valence-corrected chi connectivity index (χ4v) is 3.37. The van der Waals surface area contributed by atoms with Crippen molar-refractivity contribution >= 4 is 22.6 Å². The highest BCUT2D eigenvalue weighted by Gasteiger charge is 2.31. The zero-order valence-corrected chi connectivity index (χ0v) is 14.9. The topological polar surface area (TPSA) is 65.1 Å². The number of nitrogens with zero attached hydrogens (tertiary/aromatic N) is 4. The summed E-state index contributed by atoms with van der Waals surface area (Å²) in [6.07, 6.45) is -2.87. The molecule has 2 aromatic heterocycles. The van der Waals surface area contributed by atoms with Crippen molar-refractivity contribution in [2.45, 2.75) is 12.6 Å². The van der Waals surface area contributed by atoms with Gasteiger partial charge < -0.3 is 9.80 Å². The lowest BCUT2D eigenvalue weighted by molar-refractivity contribution is -0.137. The molecule has 1 N–H and O–H groups in total. The molecular weight excluding hydrogens is 371 g/mol. The fourth-order valence-electron chi connectivity index (χ4n) is 3.37. The second-order valence-electron chi connectivity index (χ2n) is 6.65. The molecule has 1 aliphatic rings. The molecule has 9 heteroatoms. The van der Waals surface area contributed by atoms with E-state index in [1.54, 1.807) is 4.90 Å². The van der Waals surface area contributed by atoms with Crippen molar-refractivity contribution in [3.8, 4) is 0 Å². The van der Waals surface area contributed by atoms with Crippen LogP contribution < -0.4 is 4.90 Å². The normalized spacial score (nSPS) is 15.7. The van der Waals surface area contributed by atoms with Crippen molar-refractivity contribution in [2.75, 3.05) is 31.1 Å². The number of anilines is 1. The number of para-hydroxylation sites is 1. The molecule has 1 fully saturated rings. The van der Waals surface area contributed by atoms with E-state index in [4.69, 9.17) is 0 Å². The number of benzene rings is 1. The van der Waals surface area contributed by atoms with Gasteiger partial charge in [0.05, 0.1) is 11.1 Å². The maximum absolute atomic E-state index is 12.9. The number of hydrogen-bond donors (Lipinski definition) is 1. The fraction of sp³-hybridized carbons (Fsp3) is 0.316. The molecular formula is C19H18F3N5O. The largest absolute Gasteiger partial charge is 0.417 e. The monoisotopic (exact) mass is 389 g/mol. The summed E-state index contributed by atoms with van der Waals surface area (Å²) >= 11 is 0. The Hall–Kier alpha value is -3.10. The summed E-state index contributed by atoms with van der Waals surface area (Å²) in [4.78, 5) is 20.5. The third kappa shape index (κ3) is 3.51. The maximum atomic E-state index is 12.9. The van der Waals surface area contributed by atoms with Crippen LogP contribution in [0.5, 0.6) is 0 Å². The SMILES string of the molecule is O=C(c1n[nH]c2ccccc12)N1CCCN(c2ccc(C(F)(F)F)cn2)CC1. The van der Waals surface area contributed by atoms with Crippen LogP contribution in [0.15, 0.2) is 42.6 Å². The first-order chi connectivity index (χ1) is 13.4. The van der Waals surface area contributed by atoms with Crippen LogP contribution >= 0.6 is 0 Å². The Labute approximate surface area is 159 Å². The van der Waals surface area contributed by atoms with Crippen LogP contribution in [0.2, 0.25) is 0 Å². The van der Waals surface area contributed by atoms with E-state index in [2.05, 4.69) is 15.2 Å². The zero-order chi connectivity index (χ0) is 19.7. The number of hydrogen-bond acceptors (Lipinski definition) is 4. The number of aromatic nitrogens is 3. The van der Waals surface area contributed by atoms with E-state index in [9.17, 15) is 18.0 Å². The Kier molecular flexibility index (Phi) is 4.66. The van der Waals surface area contributed by atoms with Gasteiger partial charge in [-0.05, 0) is 24.6 Å². The lowest BCUT2D eigenvalue weighted by Crippen LogP contribution is -2.35. The van der Waals surface area contributed by atoms with Gasteiger partial charge in [0.2, 0.25) is 0 Å². The van der Waals surface area contributed by atoms with Crippen LogP contribution in [-0.2, 0) is 6.18 Å². The Morgan fingerprint density at radius 2 is 1.86 bits per heavy atom. The first-order valence-electron chi connectivity index (χ1n) is 8.94. The van der Waals surface area contributed by atoms with E-state index in [1.807, 2.05) is 29.2 Å². The van der Waals surface area contributed by atoms with Crippen LogP contribution in [-0.4, -0.2) is 52.2 Å². The average Bonchev–Trinajstić information content (AvgIpc) is 2.96. The van der Waals surface area contributed by atoms with Gasteiger partial charge in [0.15, 0.2) is 5.69 Å². The smallest absolute Gasteiger partial charge is 0.355 e. The van der Waals surface area contributed by atoms with Crippen LogP contribution in [0.4, 0.5) is 19.0 Å². The molecule has 0 spiro atoms. The highest BCUT2D eigenvalue weighted by atomic mass is 19.4. The summed E-state index contributed by atoms with van der Waals surface area (Å²) in [7, 11) is 0. The van der Waals surface area contributed by atoms with Crippen molar-refractivity contribution in [3.63, 3.8) is 0 Å². The predicted molar refractivity (Wildman–Crippen MR) is 98.1 cm³/mol. The third-order valence-corrected chi connectivity index (χ3v) is 4.86. The molecule has 0 aliphatic carbocycles. The van der Waals surface area contributed by atoms with Gasteiger partial charge in [-0.2, -0.15) is 18.3 Å². The molecule has 1 amide bonds. The van der Waals surface area contributed by atoms with Gasteiger partial charge >= 0.3 is 6.18 Å². The van der Waals surface area contributed by atoms with Crippen LogP contribution in [0.25, 0.3) is 10.9 Å². The quantitative estimate of drug-likeness (QED) is 0.730. The highest BCUT2D eigenvalue weighted by Crippen LogP contribution is 2.29. The summed E-state index contributed by atoms with van der Waals surface area (Å²) in [5.41, 5.74) is 0.418. The summed E-state index contributed by atoms with van der Waals surface area (Å²) in [6.45, 7) is 2.11. The number of pyridine rings is 1. The summed E-state index contributed by atoms with van der Waals surface area (Å²) in [5, 5.41) is 7.80. The van der Waals surface area contributed by atoms with Crippen molar-refractivity contribution in [1.82, 2.24) is 20.1 Å². The molecule has 0 saturated carbocycles. The average molecular weight is 389 g/mol. The number of aromatic amines is 1. The van der Waals surface area contributed by atoms with Gasteiger partial charge in [-0.15, -0.1) is 0 Å². The molecule has 1 aromatic carbocycles. The van der Waals surface area contributed by atoms with E-state index in [0.29, 0.717) is 44.1 Å². The minimum absolute atomic E-state index is 0.153. The number of alkyl halides is 3. The molecule has 1 aliphatic heterocycles. The summed E-state index contributed by atoms with van der Waals surface area (Å²) in [5.74, 6) is 0.326. The second-order valence-corrected chi connectivity index (χ2v) is 6.65. The maximum Gasteiger partial charge on any atom is 0.417 e. The molecule has 0 radical (unpaired) electrons. The first kappa shape index (κ1) is 18.3. The van der Waals surface area contributed by atoms with Crippen LogP contribution in [0.1, 0.15) is 22.5 Å². The van der Waals surface area contributed by atoms with Gasteiger partial charge in [0, 0.05) is 37.8 Å². The highest BCUT2D eigenvalue weighted by molar-refractivity contribution is 6.04. The predicted octanol–water partition coefficient (Wildman–Crippen LogP) is 3.33. The molecule has 0 bridgehead atoms. The Morgan fingerprint density at radius 1 is 1.04 bits per heavy atom. The van der Waals surface area contributed by atoms with Crippen LogP contribution in [0.3, 0.4) is 0 Å². The summed E-state index contributed by atoms with van der Waals surface area (Å²) < 4.78 is 38.1. The Bertz CT molecular complexity index is 983. The molecule has 4 rings (SSSR count). The van der Waals surface area contributed by atoms with E-state index in [-0.39, 0.29) is 5.91 Å². The number of H-pyrrole nitrogens is 1. The van der Waals surface area contributed by atoms with Gasteiger partial charge in [-0.25, -0.2) is 4.98 Å². The van der Waals surface area contributed by atoms with E-state index < -0.39 is 11.7 Å². The molecule has 3 heterocycles. The van der Waals surface area contributed by atoms with E-state index in [0.717, 1.165) is 23.2 Å².